The summed E-state index contributed by atoms with van der Waals surface area (Å²) in [5, 5.41) is 13.3. The molecule has 1 atom stereocenters. The molecule has 1 unspecified atom stereocenters. The largest absolute Gasteiger partial charge is 0.494 e. The lowest BCUT2D eigenvalue weighted by Crippen LogP contribution is -2.06. The van der Waals surface area contributed by atoms with Gasteiger partial charge in [-0.05, 0) is 24.3 Å². The van der Waals surface area contributed by atoms with E-state index >= 15 is 0 Å². The van der Waals surface area contributed by atoms with Crippen molar-refractivity contribution in [1.29, 1.82) is 0 Å². The number of benzene rings is 2. The first-order chi connectivity index (χ1) is 12.8. The number of aromatic carboxylic acids is 1. The standard InChI is InChI=1S/C17H12Cl2N2O5S/c1-26-13-6-9(19)5-11-15(13)20-7-14(27(24)25)16(11)21-12-3-2-8(18)4-10(12)17(22)23/h2-7H,1H3,(H,20,21)(H,22,23)(H,24,25). The van der Waals surface area contributed by atoms with Gasteiger partial charge in [0, 0.05) is 27.7 Å². The third-order valence-corrected chi connectivity index (χ3v) is 4.89. The fraction of sp³-hybridized carbons (Fsp3) is 0.0588. The van der Waals surface area contributed by atoms with Gasteiger partial charge in [-0.2, -0.15) is 0 Å². The number of pyridine rings is 1. The monoisotopic (exact) mass is 426 g/mol. The lowest BCUT2D eigenvalue weighted by atomic mass is 10.1. The highest BCUT2D eigenvalue weighted by molar-refractivity contribution is 7.79. The topological polar surface area (TPSA) is 109 Å². The van der Waals surface area contributed by atoms with Crippen LogP contribution in [0.25, 0.3) is 10.9 Å². The van der Waals surface area contributed by atoms with E-state index in [4.69, 9.17) is 27.9 Å². The Morgan fingerprint density at radius 2 is 1.96 bits per heavy atom. The summed E-state index contributed by atoms with van der Waals surface area (Å²) in [6, 6.07) is 7.34. The highest BCUT2D eigenvalue weighted by atomic mass is 35.5. The van der Waals surface area contributed by atoms with Gasteiger partial charge in [-0.3, -0.25) is 4.98 Å². The Hall–Kier alpha value is -2.39. The summed E-state index contributed by atoms with van der Waals surface area (Å²) in [7, 11) is 1.44. The Morgan fingerprint density at radius 1 is 1.22 bits per heavy atom. The first-order valence-corrected chi connectivity index (χ1v) is 9.25. The number of carbonyl (C=O) groups is 1. The average Bonchev–Trinajstić information content (AvgIpc) is 2.62. The average molecular weight is 427 g/mol. The zero-order chi connectivity index (χ0) is 19.7. The highest BCUT2D eigenvalue weighted by Gasteiger charge is 2.19. The number of anilines is 2. The number of hydrogen-bond acceptors (Lipinski definition) is 5. The van der Waals surface area contributed by atoms with Crippen molar-refractivity contribution in [3.05, 3.63) is 52.1 Å². The maximum Gasteiger partial charge on any atom is 0.337 e. The van der Waals surface area contributed by atoms with Crippen molar-refractivity contribution in [3.8, 4) is 5.75 Å². The number of rotatable bonds is 5. The second-order valence-corrected chi connectivity index (χ2v) is 7.18. The Kier molecular flexibility index (Phi) is 5.52. The van der Waals surface area contributed by atoms with Gasteiger partial charge in [0.15, 0.2) is 11.1 Å². The molecule has 0 aliphatic carbocycles. The van der Waals surface area contributed by atoms with Crippen LogP contribution in [-0.2, 0) is 11.1 Å². The van der Waals surface area contributed by atoms with E-state index < -0.39 is 17.0 Å². The summed E-state index contributed by atoms with van der Waals surface area (Å²) in [6.45, 7) is 0. The predicted octanol–water partition coefficient (Wildman–Crippen LogP) is 4.57. The Balaban J connectivity index is 2.30. The molecule has 0 spiro atoms. The normalized spacial score (nSPS) is 12.0. The molecular weight excluding hydrogens is 415 g/mol. The SMILES string of the molecule is COc1cc(Cl)cc2c(Nc3ccc(Cl)cc3C(=O)O)c(S(=O)O)cnc12. The van der Waals surface area contributed by atoms with Crippen LogP contribution in [0.3, 0.4) is 0 Å². The van der Waals surface area contributed by atoms with Gasteiger partial charge < -0.3 is 19.7 Å². The summed E-state index contributed by atoms with van der Waals surface area (Å²) in [6.07, 6.45) is 1.22. The fourth-order valence-electron chi connectivity index (χ4n) is 2.57. The molecule has 0 aliphatic rings. The number of nitrogens with one attached hydrogen (secondary N) is 1. The first-order valence-electron chi connectivity index (χ1n) is 7.38. The van der Waals surface area contributed by atoms with Crippen LogP contribution in [0.4, 0.5) is 11.4 Å². The lowest BCUT2D eigenvalue weighted by molar-refractivity contribution is 0.0698. The first kappa shape index (κ1) is 19.4. The number of carboxylic acids is 1. The number of methoxy groups -OCH3 is 1. The van der Waals surface area contributed by atoms with Crippen molar-refractivity contribution in [1.82, 2.24) is 4.98 Å². The zero-order valence-electron chi connectivity index (χ0n) is 13.7. The smallest absolute Gasteiger partial charge is 0.337 e. The molecule has 0 aliphatic heterocycles. The second kappa shape index (κ2) is 7.69. The molecule has 3 aromatic rings. The maximum atomic E-state index is 11.8. The Morgan fingerprint density at radius 3 is 2.59 bits per heavy atom. The van der Waals surface area contributed by atoms with E-state index in [0.717, 1.165) is 0 Å². The number of hydrogen-bond donors (Lipinski definition) is 3. The molecule has 3 rings (SSSR count). The van der Waals surface area contributed by atoms with Gasteiger partial charge in [0.2, 0.25) is 0 Å². The third-order valence-electron chi connectivity index (χ3n) is 3.75. The number of halogens is 2. The molecule has 0 saturated carbocycles. The number of nitrogens with zero attached hydrogens (tertiary/aromatic N) is 1. The molecule has 2 aromatic carbocycles. The summed E-state index contributed by atoms with van der Waals surface area (Å²) in [5.41, 5.74) is 0.664. The molecule has 140 valence electrons. The lowest BCUT2D eigenvalue weighted by Gasteiger charge is -2.16. The van der Waals surface area contributed by atoms with Gasteiger partial charge in [-0.25, -0.2) is 9.00 Å². The molecule has 0 fully saturated rings. The van der Waals surface area contributed by atoms with E-state index in [-0.39, 0.29) is 26.9 Å². The van der Waals surface area contributed by atoms with E-state index in [1.54, 1.807) is 12.1 Å². The summed E-state index contributed by atoms with van der Waals surface area (Å²) >= 11 is 9.61. The molecule has 3 N–H and O–H groups in total. The van der Waals surface area contributed by atoms with Gasteiger partial charge >= 0.3 is 5.97 Å². The molecular formula is C17H12Cl2N2O5S. The molecule has 27 heavy (non-hydrogen) atoms. The Bertz CT molecular complexity index is 1090. The van der Waals surface area contributed by atoms with Crippen LogP contribution in [0.2, 0.25) is 10.0 Å². The van der Waals surface area contributed by atoms with Crippen LogP contribution >= 0.6 is 23.2 Å². The molecule has 0 bridgehead atoms. The van der Waals surface area contributed by atoms with Crippen LogP contribution in [0, 0.1) is 0 Å². The minimum absolute atomic E-state index is 0.0434. The second-order valence-electron chi connectivity index (χ2n) is 5.37. The van der Waals surface area contributed by atoms with Crippen LogP contribution in [0.5, 0.6) is 5.75 Å². The number of fused-ring (bicyclic) bond motifs is 1. The zero-order valence-corrected chi connectivity index (χ0v) is 16.0. The van der Waals surface area contributed by atoms with Crippen molar-refractivity contribution in [2.75, 3.05) is 12.4 Å². The molecule has 0 radical (unpaired) electrons. The molecule has 7 nitrogen and oxygen atoms in total. The van der Waals surface area contributed by atoms with Gasteiger partial charge in [0.05, 0.1) is 24.0 Å². The van der Waals surface area contributed by atoms with Gasteiger partial charge in [0.25, 0.3) is 0 Å². The molecule has 0 saturated heterocycles. The van der Waals surface area contributed by atoms with Crippen LogP contribution in [0.15, 0.2) is 41.4 Å². The molecule has 0 amide bonds. The molecule has 1 aromatic heterocycles. The van der Waals surface area contributed by atoms with Gasteiger partial charge in [0.1, 0.15) is 16.2 Å². The van der Waals surface area contributed by atoms with Crippen molar-refractivity contribution in [3.63, 3.8) is 0 Å². The van der Waals surface area contributed by atoms with Crippen molar-refractivity contribution >= 4 is 62.5 Å². The number of aromatic nitrogens is 1. The number of ether oxygens (including phenoxy) is 1. The van der Waals surface area contributed by atoms with Crippen LogP contribution in [-0.4, -0.2) is 31.9 Å². The quantitative estimate of drug-likeness (QED) is 0.512. The van der Waals surface area contributed by atoms with E-state index in [9.17, 15) is 18.7 Å². The van der Waals surface area contributed by atoms with Crippen LogP contribution < -0.4 is 10.1 Å². The van der Waals surface area contributed by atoms with E-state index in [0.29, 0.717) is 21.7 Å². The molecule has 1 heterocycles. The van der Waals surface area contributed by atoms with Crippen molar-refractivity contribution < 1.29 is 23.4 Å². The minimum Gasteiger partial charge on any atom is -0.494 e. The summed E-state index contributed by atoms with van der Waals surface area (Å²) in [5.74, 6) is -0.842. The third kappa shape index (κ3) is 3.84. The fourth-order valence-corrected chi connectivity index (χ4v) is 3.43. The summed E-state index contributed by atoms with van der Waals surface area (Å²) < 4.78 is 26.7. The molecule has 10 heteroatoms. The van der Waals surface area contributed by atoms with Crippen molar-refractivity contribution in [2.45, 2.75) is 4.90 Å². The minimum atomic E-state index is -2.39. The number of carboxylic acid groups (broad SMARTS) is 1. The van der Waals surface area contributed by atoms with E-state index in [2.05, 4.69) is 10.3 Å². The van der Waals surface area contributed by atoms with Gasteiger partial charge in [-0.1, -0.05) is 23.2 Å². The highest BCUT2D eigenvalue weighted by Crippen LogP contribution is 2.38. The predicted molar refractivity (Wildman–Crippen MR) is 104 cm³/mol. The Labute approximate surface area is 166 Å². The summed E-state index contributed by atoms with van der Waals surface area (Å²) in [4.78, 5) is 15.7. The van der Waals surface area contributed by atoms with E-state index in [1.807, 2.05) is 0 Å². The van der Waals surface area contributed by atoms with Crippen molar-refractivity contribution in [2.24, 2.45) is 0 Å². The van der Waals surface area contributed by atoms with E-state index in [1.165, 1.54) is 31.5 Å². The van der Waals surface area contributed by atoms with Crippen LogP contribution in [0.1, 0.15) is 10.4 Å². The van der Waals surface area contributed by atoms with Gasteiger partial charge in [-0.15, -0.1) is 0 Å². The maximum absolute atomic E-state index is 11.8.